The molecule has 0 saturated heterocycles. The Balaban J connectivity index is 1.51. The van der Waals surface area contributed by atoms with Gasteiger partial charge in [0, 0.05) is 32.3 Å². The maximum atomic E-state index is 6.25. The molecule has 0 radical (unpaired) electrons. The number of nitrogens with zero attached hydrogens (tertiary/aromatic N) is 3. The number of rotatable bonds is 3. The molecule has 26 heavy (non-hydrogen) atoms. The second-order valence-electron chi connectivity index (χ2n) is 6.03. The first-order valence-electron chi connectivity index (χ1n) is 8.04. The Labute approximate surface area is 164 Å². The van der Waals surface area contributed by atoms with Crippen molar-refractivity contribution in [2.24, 2.45) is 0 Å². The van der Waals surface area contributed by atoms with Crippen molar-refractivity contribution in [1.29, 1.82) is 0 Å². The van der Waals surface area contributed by atoms with E-state index in [1.54, 1.807) is 6.07 Å². The summed E-state index contributed by atoms with van der Waals surface area (Å²) in [4.78, 5) is 4.78. The predicted molar refractivity (Wildman–Crippen MR) is 108 cm³/mol. The molecule has 1 aliphatic rings. The van der Waals surface area contributed by atoms with Gasteiger partial charge in [0.2, 0.25) is 5.16 Å². The average Bonchev–Trinajstić information content (AvgIpc) is 2.97. The standard InChI is InChI=1S/C20H11Cl2N3S/c21-13-8-7-12(16(22)9-13)10-26-20-23-18-14-5-1-3-11-4-2-6-15(17(11)14)19(18)24-25-20/h1-9H,10H2. The Bertz CT molecular complexity index is 1170. The molecule has 5 rings (SSSR count). The van der Waals surface area contributed by atoms with E-state index in [1.807, 2.05) is 18.2 Å². The molecule has 0 fully saturated rings. The van der Waals surface area contributed by atoms with Crippen molar-refractivity contribution in [2.45, 2.75) is 10.9 Å². The van der Waals surface area contributed by atoms with Gasteiger partial charge >= 0.3 is 0 Å². The second kappa shape index (κ2) is 6.23. The van der Waals surface area contributed by atoms with Crippen LogP contribution in [0.1, 0.15) is 5.56 Å². The number of hydrogen-bond donors (Lipinski definition) is 0. The van der Waals surface area contributed by atoms with Crippen LogP contribution in [0.2, 0.25) is 10.0 Å². The summed E-state index contributed by atoms with van der Waals surface area (Å²) in [6.45, 7) is 0. The third-order valence-electron chi connectivity index (χ3n) is 4.45. The van der Waals surface area contributed by atoms with E-state index < -0.39 is 0 Å². The van der Waals surface area contributed by atoms with E-state index in [1.165, 1.54) is 22.5 Å². The fourth-order valence-electron chi connectivity index (χ4n) is 3.26. The molecule has 1 heterocycles. The van der Waals surface area contributed by atoms with Crippen LogP contribution in [0.15, 0.2) is 59.8 Å². The Hall–Kier alpha value is -2.14. The number of benzene rings is 3. The number of thioether (sulfide) groups is 1. The lowest BCUT2D eigenvalue weighted by Crippen LogP contribution is -1.95. The van der Waals surface area contributed by atoms with Gasteiger partial charge in [-0.3, -0.25) is 0 Å². The highest BCUT2D eigenvalue weighted by Crippen LogP contribution is 2.45. The highest BCUT2D eigenvalue weighted by atomic mass is 35.5. The van der Waals surface area contributed by atoms with Crippen LogP contribution in [-0.2, 0) is 5.75 Å². The molecule has 3 nitrogen and oxygen atoms in total. The Morgan fingerprint density at radius 2 is 1.62 bits per heavy atom. The van der Waals surface area contributed by atoms with Crippen molar-refractivity contribution in [1.82, 2.24) is 15.2 Å². The van der Waals surface area contributed by atoms with E-state index in [0.717, 1.165) is 28.1 Å². The van der Waals surface area contributed by atoms with Gasteiger partial charge in [-0.2, -0.15) is 0 Å². The number of hydrogen-bond acceptors (Lipinski definition) is 4. The third-order valence-corrected chi connectivity index (χ3v) is 5.93. The Morgan fingerprint density at radius 3 is 2.38 bits per heavy atom. The van der Waals surface area contributed by atoms with Crippen molar-refractivity contribution >= 4 is 45.7 Å². The maximum absolute atomic E-state index is 6.25. The minimum absolute atomic E-state index is 0.630. The van der Waals surface area contributed by atoms with Crippen molar-refractivity contribution in [3.05, 3.63) is 70.2 Å². The van der Waals surface area contributed by atoms with Gasteiger partial charge in [0.1, 0.15) is 11.4 Å². The number of fused-ring (bicyclic) bond motifs is 3. The van der Waals surface area contributed by atoms with Gasteiger partial charge < -0.3 is 0 Å². The summed E-state index contributed by atoms with van der Waals surface area (Å²) < 4.78 is 0. The first-order valence-corrected chi connectivity index (χ1v) is 9.79. The maximum Gasteiger partial charge on any atom is 0.210 e. The summed E-state index contributed by atoms with van der Waals surface area (Å²) >= 11 is 13.7. The minimum Gasteiger partial charge on any atom is -0.219 e. The molecule has 1 aromatic heterocycles. The molecule has 0 saturated carbocycles. The second-order valence-corrected chi connectivity index (χ2v) is 7.81. The van der Waals surface area contributed by atoms with Crippen molar-refractivity contribution in [2.75, 3.05) is 0 Å². The normalized spacial score (nSPS) is 11.8. The molecule has 0 bridgehead atoms. The van der Waals surface area contributed by atoms with Crippen molar-refractivity contribution in [3.8, 4) is 22.5 Å². The van der Waals surface area contributed by atoms with E-state index in [4.69, 9.17) is 28.2 Å². The zero-order valence-corrected chi connectivity index (χ0v) is 15.7. The van der Waals surface area contributed by atoms with Crippen LogP contribution in [0, 0.1) is 0 Å². The number of aromatic nitrogens is 3. The topological polar surface area (TPSA) is 38.7 Å². The zero-order chi connectivity index (χ0) is 17.7. The lowest BCUT2D eigenvalue weighted by Gasteiger charge is -2.05. The Morgan fingerprint density at radius 1 is 0.846 bits per heavy atom. The summed E-state index contributed by atoms with van der Waals surface area (Å²) in [5.74, 6) is 0.660. The summed E-state index contributed by atoms with van der Waals surface area (Å²) in [6.07, 6.45) is 0. The monoisotopic (exact) mass is 395 g/mol. The number of halogens is 2. The lowest BCUT2D eigenvalue weighted by atomic mass is 10.0. The zero-order valence-electron chi connectivity index (χ0n) is 13.4. The molecule has 0 unspecified atom stereocenters. The molecule has 0 aliphatic heterocycles. The smallest absolute Gasteiger partial charge is 0.210 e. The minimum atomic E-state index is 0.630. The molecule has 0 spiro atoms. The third kappa shape index (κ3) is 2.57. The van der Waals surface area contributed by atoms with E-state index in [9.17, 15) is 0 Å². The molecule has 1 aliphatic carbocycles. The molecule has 3 aromatic carbocycles. The quantitative estimate of drug-likeness (QED) is 0.337. The van der Waals surface area contributed by atoms with Crippen LogP contribution in [-0.4, -0.2) is 15.2 Å². The molecular weight excluding hydrogens is 385 g/mol. The van der Waals surface area contributed by atoms with Crippen LogP contribution in [0.25, 0.3) is 33.3 Å². The van der Waals surface area contributed by atoms with E-state index in [2.05, 4.69) is 40.5 Å². The highest BCUT2D eigenvalue weighted by Gasteiger charge is 2.24. The summed E-state index contributed by atoms with van der Waals surface area (Å²) in [5.41, 5.74) is 4.97. The summed E-state index contributed by atoms with van der Waals surface area (Å²) in [6, 6.07) is 18.0. The van der Waals surface area contributed by atoms with Crippen LogP contribution in [0.5, 0.6) is 0 Å². The Kier molecular flexibility index (Phi) is 3.85. The fraction of sp³-hybridized carbons (Fsp3) is 0.0500. The average molecular weight is 396 g/mol. The molecule has 4 aromatic rings. The predicted octanol–water partition coefficient (Wildman–Crippen LogP) is 6.27. The van der Waals surface area contributed by atoms with E-state index >= 15 is 0 Å². The van der Waals surface area contributed by atoms with Crippen molar-refractivity contribution in [3.63, 3.8) is 0 Å². The first-order chi connectivity index (χ1) is 12.7. The van der Waals surface area contributed by atoms with Gasteiger partial charge in [0.25, 0.3) is 0 Å². The van der Waals surface area contributed by atoms with Crippen LogP contribution < -0.4 is 0 Å². The van der Waals surface area contributed by atoms with Crippen LogP contribution in [0.3, 0.4) is 0 Å². The SMILES string of the molecule is Clc1ccc(CSc2nnc3c(n2)-c2cccc4cccc-3c24)c(Cl)c1. The van der Waals surface area contributed by atoms with Crippen molar-refractivity contribution < 1.29 is 0 Å². The summed E-state index contributed by atoms with van der Waals surface area (Å²) in [7, 11) is 0. The molecule has 0 N–H and O–H groups in total. The molecule has 0 amide bonds. The molecule has 0 atom stereocenters. The van der Waals surface area contributed by atoms with Gasteiger partial charge in [-0.15, -0.1) is 10.2 Å². The van der Waals surface area contributed by atoms with Gasteiger partial charge in [0.05, 0.1) is 0 Å². The van der Waals surface area contributed by atoms with E-state index in [-0.39, 0.29) is 0 Å². The summed E-state index contributed by atoms with van der Waals surface area (Å²) in [5, 5.41) is 13.1. The van der Waals surface area contributed by atoms with Gasteiger partial charge in [-0.1, -0.05) is 77.4 Å². The largest absolute Gasteiger partial charge is 0.219 e. The first kappa shape index (κ1) is 16.1. The highest BCUT2D eigenvalue weighted by molar-refractivity contribution is 7.98. The van der Waals surface area contributed by atoms with Crippen LogP contribution in [0.4, 0.5) is 0 Å². The molecule has 6 heteroatoms. The lowest BCUT2D eigenvalue weighted by molar-refractivity contribution is 0.853. The molecule has 126 valence electrons. The van der Waals surface area contributed by atoms with Gasteiger partial charge in [-0.05, 0) is 23.1 Å². The van der Waals surface area contributed by atoms with Gasteiger partial charge in [-0.25, -0.2) is 4.98 Å². The van der Waals surface area contributed by atoms with E-state index in [0.29, 0.717) is 21.0 Å². The van der Waals surface area contributed by atoms with Gasteiger partial charge in [0.15, 0.2) is 0 Å². The van der Waals surface area contributed by atoms with Crippen LogP contribution >= 0.6 is 35.0 Å². The fourth-order valence-corrected chi connectivity index (χ4v) is 4.60. The molecular formula is C20H11Cl2N3S.